The first-order valence-electron chi connectivity index (χ1n) is 5.33. The first-order valence-corrected chi connectivity index (χ1v) is 5.33. The molecule has 0 saturated carbocycles. The quantitative estimate of drug-likeness (QED) is 0.508. The zero-order chi connectivity index (χ0) is 12.5. The molecule has 0 radical (unpaired) electrons. The summed E-state index contributed by atoms with van der Waals surface area (Å²) in [4.78, 5) is 14.6. The fourth-order valence-corrected chi connectivity index (χ4v) is 1.91. The van der Waals surface area contributed by atoms with Gasteiger partial charge in [-0.25, -0.2) is 4.98 Å². The number of hydrogen-bond acceptors (Lipinski definition) is 4. The lowest BCUT2D eigenvalue weighted by molar-refractivity contribution is -0.384. The summed E-state index contributed by atoms with van der Waals surface area (Å²) in [5.41, 5.74) is 1.63. The molecule has 0 aliphatic rings. The van der Waals surface area contributed by atoms with Gasteiger partial charge >= 0.3 is 0 Å². The van der Waals surface area contributed by atoms with Gasteiger partial charge in [0.25, 0.3) is 5.69 Å². The van der Waals surface area contributed by atoms with Gasteiger partial charge in [0.1, 0.15) is 11.8 Å². The number of aromatic nitrogens is 1. The number of para-hydroxylation sites is 1. The number of furan rings is 1. The second-order valence-electron chi connectivity index (χ2n) is 3.77. The van der Waals surface area contributed by atoms with E-state index in [-0.39, 0.29) is 5.69 Å². The summed E-state index contributed by atoms with van der Waals surface area (Å²) in [6.07, 6.45) is 3.03. The summed E-state index contributed by atoms with van der Waals surface area (Å²) in [6, 6.07) is 10.4. The van der Waals surface area contributed by atoms with Crippen LogP contribution < -0.4 is 0 Å². The van der Waals surface area contributed by atoms with E-state index in [4.69, 9.17) is 4.42 Å². The second-order valence-corrected chi connectivity index (χ2v) is 3.77. The maximum Gasteiger partial charge on any atom is 0.295 e. The van der Waals surface area contributed by atoms with E-state index in [0.717, 1.165) is 5.39 Å². The second kappa shape index (κ2) is 3.96. The Kier molecular flexibility index (Phi) is 2.30. The Labute approximate surface area is 102 Å². The normalized spacial score (nSPS) is 10.7. The molecule has 3 aromatic rings. The predicted octanol–water partition coefficient (Wildman–Crippen LogP) is 3.40. The van der Waals surface area contributed by atoms with Crippen molar-refractivity contribution in [1.82, 2.24) is 4.98 Å². The van der Waals surface area contributed by atoms with Gasteiger partial charge in [-0.05, 0) is 12.1 Å². The average Bonchev–Trinajstić information content (AvgIpc) is 2.82. The third kappa shape index (κ3) is 1.53. The minimum atomic E-state index is -0.440. The van der Waals surface area contributed by atoms with Crippen molar-refractivity contribution in [2.24, 2.45) is 0 Å². The van der Waals surface area contributed by atoms with E-state index in [0.29, 0.717) is 16.8 Å². The van der Waals surface area contributed by atoms with E-state index in [2.05, 4.69) is 4.98 Å². The van der Waals surface area contributed by atoms with Crippen LogP contribution in [0, 0.1) is 10.1 Å². The number of rotatable bonds is 2. The highest BCUT2D eigenvalue weighted by atomic mass is 16.6. The lowest BCUT2D eigenvalue weighted by Crippen LogP contribution is -1.93. The van der Waals surface area contributed by atoms with Gasteiger partial charge in [0.05, 0.1) is 10.5 Å². The standard InChI is InChI=1S/C13H8N2O3/c16-15(17)11-5-3-7-14-13(11)10-8-18-12-6-2-1-4-9(10)12/h1-8H. The van der Waals surface area contributed by atoms with E-state index >= 15 is 0 Å². The lowest BCUT2D eigenvalue weighted by atomic mass is 10.1. The first-order chi connectivity index (χ1) is 8.77. The van der Waals surface area contributed by atoms with E-state index in [1.54, 1.807) is 6.07 Å². The van der Waals surface area contributed by atoms with Crippen molar-refractivity contribution in [1.29, 1.82) is 0 Å². The minimum absolute atomic E-state index is 0.0240. The van der Waals surface area contributed by atoms with Gasteiger partial charge in [0.15, 0.2) is 5.69 Å². The zero-order valence-corrected chi connectivity index (χ0v) is 9.24. The number of nitro groups is 1. The largest absolute Gasteiger partial charge is 0.464 e. The number of pyridine rings is 1. The van der Waals surface area contributed by atoms with Crippen LogP contribution >= 0.6 is 0 Å². The summed E-state index contributed by atoms with van der Waals surface area (Å²) in [5.74, 6) is 0. The van der Waals surface area contributed by atoms with Crippen LogP contribution in [0.2, 0.25) is 0 Å². The van der Waals surface area contributed by atoms with Crippen LogP contribution in [0.15, 0.2) is 53.3 Å². The molecule has 18 heavy (non-hydrogen) atoms. The smallest absolute Gasteiger partial charge is 0.295 e. The Hall–Kier alpha value is -2.69. The van der Waals surface area contributed by atoms with Gasteiger partial charge in [-0.2, -0.15) is 0 Å². The van der Waals surface area contributed by atoms with Crippen molar-refractivity contribution < 1.29 is 9.34 Å². The molecule has 0 fully saturated rings. The maximum atomic E-state index is 11.0. The Balaban J connectivity index is 2.30. The third-order valence-corrected chi connectivity index (χ3v) is 2.72. The summed E-state index contributed by atoms with van der Waals surface area (Å²) < 4.78 is 5.38. The molecule has 0 atom stereocenters. The van der Waals surface area contributed by atoms with Crippen LogP contribution in [0.3, 0.4) is 0 Å². The number of fused-ring (bicyclic) bond motifs is 1. The Bertz CT molecular complexity index is 734. The SMILES string of the molecule is O=[N+]([O-])c1cccnc1-c1coc2ccccc12. The molecule has 2 aromatic heterocycles. The summed E-state index contributed by atoms with van der Waals surface area (Å²) in [6.45, 7) is 0. The number of nitrogens with zero attached hydrogens (tertiary/aromatic N) is 2. The maximum absolute atomic E-state index is 11.0. The molecular formula is C13H8N2O3. The molecule has 0 unspecified atom stereocenters. The summed E-state index contributed by atoms with van der Waals surface area (Å²) >= 11 is 0. The average molecular weight is 240 g/mol. The van der Waals surface area contributed by atoms with Crippen molar-refractivity contribution >= 4 is 16.7 Å². The topological polar surface area (TPSA) is 69.2 Å². The number of benzene rings is 1. The molecule has 5 heteroatoms. The Morgan fingerprint density at radius 2 is 2.00 bits per heavy atom. The molecule has 0 aliphatic carbocycles. The van der Waals surface area contributed by atoms with Crippen LogP contribution in [-0.4, -0.2) is 9.91 Å². The molecule has 0 saturated heterocycles. The molecule has 0 spiro atoms. The van der Waals surface area contributed by atoms with Gasteiger partial charge in [0.2, 0.25) is 0 Å². The predicted molar refractivity (Wildman–Crippen MR) is 66.1 cm³/mol. The molecule has 3 rings (SSSR count). The van der Waals surface area contributed by atoms with Crippen molar-refractivity contribution in [2.45, 2.75) is 0 Å². The van der Waals surface area contributed by atoms with E-state index in [9.17, 15) is 10.1 Å². The van der Waals surface area contributed by atoms with Gasteiger partial charge in [-0.3, -0.25) is 10.1 Å². The molecule has 0 N–H and O–H groups in total. The molecule has 88 valence electrons. The number of hydrogen-bond donors (Lipinski definition) is 0. The third-order valence-electron chi connectivity index (χ3n) is 2.72. The van der Waals surface area contributed by atoms with Gasteiger partial charge in [-0.15, -0.1) is 0 Å². The van der Waals surface area contributed by atoms with Gasteiger partial charge in [-0.1, -0.05) is 18.2 Å². The van der Waals surface area contributed by atoms with E-state index < -0.39 is 4.92 Å². The van der Waals surface area contributed by atoms with Crippen molar-refractivity contribution in [3.63, 3.8) is 0 Å². The highest BCUT2D eigenvalue weighted by molar-refractivity contribution is 5.94. The molecule has 2 heterocycles. The molecule has 0 aliphatic heterocycles. The van der Waals surface area contributed by atoms with Gasteiger partial charge in [0, 0.05) is 17.6 Å². The molecule has 1 aromatic carbocycles. The van der Waals surface area contributed by atoms with Crippen LogP contribution in [0.1, 0.15) is 0 Å². The minimum Gasteiger partial charge on any atom is -0.464 e. The fourth-order valence-electron chi connectivity index (χ4n) is 1.91. The zero-order valence-electron chi connectivity index (χ0n) is 9.24. The van der Waals surface area contributed by atoms with Gasteiger partial charge < -0.3 is 4.42 Å². The first kappa shape index (κ1) is 10.5. The molecule has 0 amide bonds. The van der Waals surface area contributed by atoms with E-state index in [1.165, 1.54) is 18.5 Å². The monoisotopic (exact) mass is 240 g/mol. The Morgan fingerprint density at radius 3 is 2.83 bits per heavy atom. The van der Waals surface area contributed by atoms with Crippen LogP contribution in [0.5, 0.6) is 0 Å². The van der Waals surface area contributed by atoms with Crippen LogP contribution in [-0.2, 0) is 0 Å². The summed E-state index contributed by atoms with van der Waals surface area (Å²) in [7, 11) is 0. The van der Waals surface area contributed by atoms with Crippen LogP contribution in [0.25, 0.3) is 22.2 Å². The highest BCUT2D eigenvalue weighted by Crippen LogP contribution is 2.34. The molecular weight excluding hydrogens is 232 g/mol. The fraction of sp³-hybridized carbons (Fsp3) is 0. The molecule has 0 bridgehead atoms. The highest BCUT2D eigenvalue weighted by Gasteiger charge is 2.19. The van der Waals surface area contributed by atoms with Crippen LogP contribution in [0.4, 0.5) is 5.69 Å². The van der Waals surface area contributed by atoms with Crippen molar-refractivity contribution in [2.75, 3.05) is 0 Å². The van der Waals surface area contributed by atoms with Crippen molar-refractivity contribution in [3.05, 3.63) is 59.0 Å². The Morgan fingerprint density at radius 1 is 1.17 bits per heavy atom. The lowest BCUT2D eigenvalue weighted by Gasteiger charge is -1.99. The van der Waals surface area contributed by atoms with E-state index in [1.807, 2.05) is 24.3 Å². The van der Waals surface area contributed by atoms with Crippen molar-refractivity contribution in [3.8, 4) is 11.3 Å². The molecule has 5 nitrogen and oxygen atoms in total. The summed E-state index contributed by atoms with van der Waals surface area (Å²) in [5, 5.41) is 11.8.